The molecular formula is C33H43N7O6. The van der Waals surface area contributed by atoms with E-state index in [9.17, 15) is 24.3 Å². The van der Waals surface area contributed by atoms with Gasteiger partial charge in [-0.15, -0.1) is 5.10 Å². The van der Waals surface area contributed by atoms with Gasteiger partial charge in [-0.2, -0.15) is 0 Å². The van der Waals surface area contributed by atoms with E-state index in [1.807, 2.05) is 75.4 Å². The Kier molecular flexibility index (Phi) is 11.3. The van der Waals surface area contributed by atoms with Gasteiger partial charge in [0.25, 0.3) is 0 Å². The van der Waals surface area contributed by atoms with Crippen LogP contribution in [0.3, 0.4) is 0 Å². The number of benzene rings is 2. The van der Waals surface area contributed by atoms with Crippen molar-refractivity contribution in [3.05, 3.63) is 72.1 Å². The predicted molar refractivity (Wildman–Crippen MR) is 170 cm³/mol. The number of primary amides is 1. The molecule has 0 radical (unpaired) electrons. The summed E-state index contributed by atoms with van der Waals surface area (Å²) >= 11 is 0. The third kappa shape index (κ3) is 8.98. The first-order valence-electron chi connectivity index (χ1n) is 15.3. The molecular weight excluding hydrogens is 590 g/mol. The molecule has 1 unspecified atom stereocenters. The molecule has 0 spiro atoms. The number of hydrogen-bond donors (Lipinski definition) is 4. The number of hydrogen-bond acceptors (Lipinski definition) is 8. The van der Waals surface area contributed by atoms with Gasteiger partial charge >= 0.3 is 0 Å². The van der Waals surface area contributed by atoms with Crippen molar-refractivity contribution >= 4 is 23.6 Å². The molecule has 1 aromatic heterocycles. The molecule has 13 heteroatoms. The van der Waals surface area contributed by atoms with Gasteiger partial charge in [-0.3, -0.25) is 19.2 Å². The molecule has 4 rings (SSSR count). The number of carbonyl (C=O) groups excluding carboxylic acids is 4. The molecule has 0 saturated carbocycles. The Bertz CT molecular complexity index is 1500. The highest BCUT2D eigenvalue weighted by Crippen LogP contribution is 2.34. The Hall–Kier alpha value is -4.62. The maximum Gasteiger partial charge on any atom is 0.248 e. The number of carbonyl (C=O) groups is 4. The number of nitrogens with zero attached hydrogens (tertiary/aromatic N) is 4. The lowest BCUT2D eigenvalue weighted by molar-refractivity contribution is -0.144. The summed E-state index contributed by atoms with van der Waals surface area (Å²) < 4.78 is 6.99. The second-order valence-corrected chi connectivity index (χ2v) is 12.6. The van der Waals surface area contributed by atoms with Crippen LogP contribution in [0.15, 0.2) is 60.8 Å². The number of nitrogens with two attached hydrogens (primary N) is 1. The van der Waals surface area contributed by atoms with Crippen LogP contribution < -0.4 is 16.4 Å². The van der Waals surface area contributed by atoms with Crippen LogP contribution in [0.5, 0.6) is 0 Å². The van der Waals surface area contributed by atoms with E-state index in [4.69, 9.17) is 10.5 Å². The standard InChI is InChI=1S/C33H43N7O6/c1-21(41)35-14-15-46-20-25-18-40(38-37-25)29(33(2,3)4)32(45)39-19-26(42)17-28(39)31(44)36-27(30(34)43)16-22-10-12-24(13-11-22)23-8-6-5-7-9-23/h5-13,18,26-29,42H,14-17,19-20H2,1-4H3,(H2,34,43)(H,35,41)(H,36,44)/t26-,27-,28?,29-/m1/s1. The molecule has 246 valence electrons. The molecule has 1 saturated heterocycles. The summed E-state index contributed by atoms with van der Waals surface area (Å²) in [7, 11) is 0. The molecule has 1 fully saturated rings. The Labute approximate surface area is 268 Å². The summed E-state index contributed by atoms with van der Waals surface area (Å²) in [4.78, 5) is 52.4. The maximum absolute atomic E-state index is 14.1. The minimum Gasteiger partial charge on any atom is -0.391 e. The zero-order chi connectivity index (χ0) is 33.4. The fourth-order valence-electron chi connectivity index (χ4n) is 5.52. The molecule has 0 aliphatic carbocycles. The normalized spacial score (nSPS) is 17.7. The molecule has 3 aromatic rings. The van der Waals surface area contributed by atoms with Gasteiger partial charge in [0.1, 0.15) is 23.8 Å². The van der Waals surface area contributed by atoms with E-state index in [0.29, 0.717) is 12.2 Å². The second-order valence-electron chi connectivity index (χ2n) is 12.6. The van der Waals surface area contributed by atoms with E-state index in [2.05, 4.69) is 20.9 Å². The van der Waals surface area contributed by atoms with Crippen LogP contribution >= 0.6 is 0 Å². The van der Waals surface area contributed by atoms with E-state index in [0.717, 1.165) is 16.7 Å². The zero-order valence-corrected chi connectivity index (χ0v) is 26.7. The number of ether oxygens (including phenoxy) is 1. The van der Waals surface area contributed by atoms with Crippen LogP contribution in [0.1, 0.15) is 51.4 Å². The summed E-state index contributed by atoms with van der Waals surface area (Å²) in [6, 6.07) is 14.6. The van der Waals surface area contributed by atoms with Gasteiger partial charge < -0.3 is 31.1 Å². The van der Waals surface area contributed by atoms with Gasteiger partial charge in [0.2, 0.25) is 23.6 Å². The molecule has 0 bridgehead atoms. The summed E-state index contributed by atoms with van der Waals surface area (Å²) in [5.74, 6) is -1.86. The van der Waals surface area contributed by atoms with Crippen molar-refractivity contribution < 1.29 is 29.0 Å². The summed E-state index contributed by atoms with van der Waals surface area (Å²) in [6.07, 6.45) is 0.857. The third-order valence-corrected chi connectivity index (χ3v) is 7.77. The second kappa shape index (κ2) is 15.1. The quantitative estimate of drug-likeness (QED) is 0.204. The molecule has 5 N–H and O–H groups in total. The van der Waals surface area contributed by atoms with Gasteiger partial charge in [-0.1, -0.05) is 80.6 Å². The monoisotopic (exact) mass is 633 g/mol. The fourth-order valence-corrected chi connectivity index (χ4v) is 5.52. The van der Waals surface area contributed by atoms with Crippen LogP contribution in [0.4, 0.5) is 0 Å². The number of β-amino-alcohol motifs (C(OH)–C–C–N with tert-alkyl or cyclic N) is 1. The Balaban J connectivity index is 1.44. The largest absolute Gasteiger partial charge is 0.391 e. The average Bonchev–Trinajstić information content (AvgIpc) is 3.63. The minimum absolute atomic E-state index is 0.0104. The van der Waals surface area contributed by atoms with E-state index >= 15 is 0 Å². The van der Waals surface area contributed by atoms with E-state index in [1.165, 1.54) is 16.5 Å². The summed E-state index contributed by atoms with van der Waals surface area (Å²) in [5.41, 5.74) is 8.40. The van der Waals surface area contributed by atoms with Crippen molar-refractivity contribution in [1.82, 2.24) is 30.5 Å². The van der Waals surface area contributed by atoms with Crippen LogP contribution in [0.25, 0.3) is 11.1 Å². The first kappa shape index (κ1) is 34.3. The molecule has 4 amide bonds. The van der Waals surface area contributed by atoms with Crippen molar-refractivity contribution in [2.24, 2.45) is 11.1 Å². The molecule has 1 aliphatic rings. The van der Waals surface area contributed by atoms with Crippen LogP contribution in [-0.4, -0.2) is 86.5 Å². The maximum atomic E-state index is 14.1. The average molecular weight is 634 g/mol. The minimum atomic E-state index is -1.02. The number of nitrogens with one attached hydrogen (secondary N) is 2. The van der Waals surface area contributed by atoms with Gasteiger partial charge in [0, 0.05) is 32.9 Å². The summed E-state index contributed by atoms with van der Waals surface area (Å²) in [5, 5.41) is 24.2. The number of aliphatic hydroxyl groups is 1. The Morgan fingerprint density at radius 2 is 1.74 bits per heavy atom. The van der Waals surface area contributed by atoms with Crippen LogP contribution in [0.2, 0.25) is 0 Å². The Morgan fingerprint density at radius 1 is 1.07 bits per heavy atom. The van der Waals surface area contributed by atoms with Crippen molar-refractivity contribution in [3.8, 4) is 11.1 Å². The number of aliphatic hydroxyl groups excluding tert-OH is 1. The lowest BCUT2D eigenvalue weighted by atomic mass is 9.85. The molecule has 2 aromatic carbocycles. The predicted octanol–water partition coefficient (Wildman–Crippen LogP) is 1.36. The van der Waals surface area contributed by atoms with Crippen molar-refractivity contribution in [1.29, 1.82) is 0 Å². The number of amides is 4. The van der Waals surface area contributed by atoms with Crippen LogP contribution in [0, 0.1) is 5.41 Å². The van der Waals surface area contributed by atoms with Crippen molar-refractivity contribution in [2.45, 2.75) is 71.4 Å². The van der Waals surface area contributed by atoms with Gasteiger partial charge in [-0.05, 0) is 22.1 Å². The van der Waals surface area contributed by atoms with E-state index in [1.54, 1.807) is 6.20 Å². The molecule has 1 aliphatic heterocycles. The molecule has 46 heavy (non-hydrogen) atoms. The number of aromatic nitrogens is 3. The topological polar surface area (TPSA) is 182 Å². The van der Waals surface area contributed by atoms with E-state index < -0.39 is 47.4 Å². The highest BCUT2D eigenvalue weighted by Gasteiger charge is 2.45. The van der Waals surface area contributed by atoms with Gasteiger partial charge in [0.05, 0.1) is 25.5 Å². The SMILES string of the molecule is CC(=O)NCCOCc1cn([C@H](C(=O)N2C[C@H](O)CC2C(=O)N[C@H](Cc2ccc(-c3ccccc3)cc2)C(N)=O)C(C)(C)C)nn1. The third-order valence-electron chi connectivity index (χ3n) is 7.77. The highest BCUT2D eigenvalue weighted by atomic mass is 16.5. The zero-order valence-electron chi connectivity index (χ0n) is 26.7. The lowest BCUT2D eigenvalue weighted by Gasteiger charge is -2.34. The van der Waals surface area contributed by atoms with E-state index in [-0.39, 0.29) is 38.5 Å². The van der Waals surface area contributed by atoms with Crippen LogP contribution in [-0.2, 0) is 36.9 Å². The van der Waals surface area contributed by atoms with Gasteiger partial charge in [0.15, 0.2) is 0 Å². The molecule has 13 nitrogen and oxygen atoms in total. The highest BCUT2D eigenvalue weighted by molar-refractivity contribution is 5.93. The lowest BCUT2D eigenvalue weighted by Crippen LogP contribution is -2.54. The fraction of sp³-hybridized carbons (Fsp3) is 0.455. The summed E-state index contributed by atoms with van der Waals surface area (Å²) in [6.45, 7) is 7.73. The molecule has 4 atom stereocenters. The molecule has 2 heterocycles. The van der Waals surface area contributed by atoms with Gasteiger partial charge in [-0.25, -0.2) is 4.68 Å². The first-order chi connectivity index (χ1) is 21.8. The van der Waals surface area contributed by atoms with Crippen molar-refractivity contribution in [3.63, 3.8) is 0 Å². The smallest absolute Gasteiger partial charge is 0.248 e. The van der Waals surface area contributed by atoms with Crippen molar-refractivity contribution in [2.75, 3.05) is 19.7 Å². The number of rotatable bonds is 13. The first-order valence-corrected chi connectivity index (χ1v) is 15.3. The Morgan fingerprint density at radius 3 is 2.37 bits per heavy atom. The number of likely N-dealkylation sites (tertiary alicyclic amines) is 1.